The van der Waals surface area contributed by atoms with Crippen LogP contribution in [-0.4, -0.2) is 30.4 Å². The Bertz CT molecular complexity index is 776. The van der Waals surface area contributed by atoms with E-state index >= 15 is 0 Å². The highest BCUT2D eigenvalue weighted by Crippen LogP contribution is 2.26. The quantitative estimate of drug-likeness (QED) is 0.315. The molecule has 2 aromatic rings. The monoisotopic (exact) mass is 412 g/mol. The topological polar surface area (TPSA) is 74.4 Å². The molecule has 1 amide bonds. The van der Waals surface area contributed by atoms with E-state index in [1.54, 1.807) is 43.5 Å². The van der Waals surface area contributed by atoms with Crippen molar-refractivity contribution in [2.75, 3.05) is 24.3 Å². The largest absolute Gasteiger partial charge is 0.497 e. The maximum atomic E-state index is 12.3. The Morgan fingerprint density at radius 2 is 1.89 bits per heavy atom. The van der Waals surface area contributed by atoms with Crippen LogP contribution in [0.15, 0.2) is 53.4 Å². The highest BCUT2D eigenvalue weighted by Gasteiger charge is 2.06. The van der Waals surface area contributed by atoms with E-state index in [9.17, 15) is 13.6 Å². The van der Waals surface area contributed by atoms with Gasteiger partial charge < -0.3 is 15.4 Å². The zero-order valence-electron chi connectivity index (χ0n) is 14.3. The number of thioether (sulfide) groups is 1. The van der Waals surface area contributed by atoms with Crippen molar-refractivity contribution in [1.82, 2.24) is 10.9 Å². The van der Waals surface area contributed by atoms with Crippen LogP contribution < -0.4 is 26.2 Å². The Labute approximate surface area is 165 Å². The SMILES string of the molecule is COc1cccc(NCC(=O)NNC(=S)Nc2ccc(SC(F)F)cc2)c1. The number of hydrazine groups is 1. The molecule has 0 spiro atoms. The molecular formula is C17H18F2N4O2S2. The first-order valence-electron chi connectivity index (χ1n) is 7.75. The fraction of sp³-hybridized carbons (Fsp3) is 0.176. The van der Waals surface area contributed by atoms with E-state index in [2.05, 4.69) is 21.5 Å². The minimum atomic E-state index is -2.47. The molecule has 0 aliphatic carbocycles. The number of rotatable bonds is 7. The van der Waals surface area contributed by atoms with Crippen LogP contribution in [0, 0.1) is 0 Å². The lowest BCUT2D eigenvalue weighted by Crippen LogP contribution is -2.45. The van der Waals surface area contributed by atoms with E-state index in [4.69, 9.17) is 17.0 Å². The molecule has 0 aliphatic heterocycles. The number of hydrogen-bond acceptors (Lipinski definition) is 5. The minimum Gasteiger partial charge on any atom is -0.497 e. The predicted octanol–water partition coefficient (Wildman–Crippen LogP) is 3.44. The average molecular weight is 412 g/mol. The molecule has 0 fully saturated rings. The molecule has 0 unspecified atom stereocenters. The molecule has 0 bridgehead atoms. The van der Waals surface area contributed by atoms with Crippen molar-refractivity contribution in [3.8, 4) is 5.75 Å². The summed E-state index contributed by atoms with van der Waals surface area (Å²) in [6, 6.07) is 13.5. The van der Waals surface area contributed by atoms with Crippen LogP contribution in [0.5, 0.6) is 5.75 Å². The standard InChI is InChI=1S/C17H18F2N4O2S2/c1-25-13-4-2-3-12(9-13)20-10-15(24)22-23-17(26)21-11-5-7-14(8-6-11)27-16(18)19/h2-9,16,20H,10H2,1H3,(H,22,24)(H2,21,23,26). The summed E-state index contributed by atoms with van der Waals surface area (Å²) in [7, 11) is 1.56. The highest BCUT2D eigenvalue weighted by atomic mass is 32.2. The van der Waals surface area contributed by atoms with E-state index in [1.807, 2.05) is 12.1 Å². The number of amides is 1. The second kappa shape index (κ2) is 10.5. The third kappa shape index (κ3) is 7.67. The third-order valence-corrected chi connectivity index (χ3v) is 4.10. The van der Waals surface area contributed by atoms with Gasteiger partial charge in [0.25, 0.3) is 11.7 Å². The molecule has 6 nitrogen and oxygen atoms in total. The van der Waals surface area contributed by atoms with Crippen LogP contribution in [0.3, 0.4) is 0 Å². The Morgan fingerprint density at radius 1 is 1.15 bits per heavy atom. The minimum absolute atomic E-state index is 0.0301. The second-order valence-corrected chi connectivity index (χ2v) is 6.59. The fourth-order valence-corrected chi connectivity index (χ4v) is 2.64. The third-order valence-electron chi connectivity index (χ3n) is 3.18. The summed E-state index contributed by atoms with van der Waals surface area (Å²) < 4.78 is 29.7. The van der Waals surface area contributed by atoms with Crippen molar-refractivity contribution in [1.29, 1.82) is 0 Å². The number of alkyl halides is 2. The number of carbonyl (C=O) groups is 1. The molecule has 0 radical (unpaired) electrons. The van der Waals surface area contributed by atoms with E-state index in [1.165, 1.54) is 0 Å². The van der Waals surface area contributed by atoms with Crippen molar-refractivity contribution in [3.05, 3.63) is 48.5 Å². The number of anilines is 2. The molecule has 0 atom stereocenters. The zero-order valence-corrected chi connectivity index (χ0v) is 15.9. The molecule has 4 N–H and O–H groups in total. The lowest BCUT2D eigenvalue weighted by Gasteiger charge is -2.13. The number of benzene rings is 2. The Kier molecular flexibility index (Phi) is 8.08. The smallest absolute Gasteiger partial charge is 0.288 e. The van der Waals surface area contributed by atoms with Gasteiger partial charge in [-0.1, -0.05) is 17.8 Å². The predicted molar refractivity (Wildman–Crippen MR) is 107 cm³/mol. The van der Waals surface area contributed by atoms with Gasteiger partial charge in [0.2, 0.25) is 0 Å². The number of halogens is 2. The summed E-state index contributed by atoms with van der Waals surface area (Å²) >= 11 is 5.53. The lowest BCUT2D eigenvalue weighted by atomic mass is 10.3. The number of hydrogen-bond donors (Lipinski definition) is 4. The van der Waals surface area contributed by atoms with Gasteiger partial charge in [0.05, 0.1) is 13.7 Å². The van der Waals surface area contributed by atoms with Gasteiger partial charge in [-0.2, -0.15) is 8.78 Å². The molecule has 27 heavy (non-hydrogen) atoms. The molecule has 0 aliphatic rings. The zero-order chi connectivity index (χ0) is 19.6. The maximum Gasteiger partial charge on any atom is 0.288 e. The van der Waals surface area contributed by atoms with Crippen molar-refractivity contribution < 1.29 is 18.3 Å². The summed E-state index contributed by atoms with van der Waals surface area (Å²) in [5.74, 6) is -2.11. The van der Waals surface area contributed by atoms with E-state index in [0.717, 1.165) is 5.69 Å². The van der Waals surface area contributed by atoms with Crippen LogP contribution in [0.4, 0.5) is 20.2 Å². The number of nitrogens with one attached hydrogen (secondary N) is 4. The van der Waals surface area contributed by atoms with Crippen molar-refractivity contribution in [2.24, 2.45) is 0 Å². The van der Waals surface area contributed by atoms with Crippen LogP contribution in [-0.2, 0) is 4.79 Å². The second-order valence-electron chi connectivity index (χ2n) is 5.12. The number of methoxy groups -OCH3 is 1. The van der Waals surface area contributed by atoms with Crippen LogP contribution in [0.1, 0.15) is 0 Å². The molecule has 0 saturated carbocycles. The van der Waals surface area contributed by atoms with Crippen molar-refractivity contribution in [3.63, 3.8) is 0 Å². The molecule has 0 aromatic heterocycles. The Balaban J connectivity index is 1.72. The van der Waals surface area contributed by atoms with E-state index in [-0.39, 0.29) is 17.6 Å². The molecular weight excluding hydrogens is 394 g/mol. The molecule has 144 valence electrons. The van der Waals surface area contributed by atoms with Crippen molar-refractivity contribution >= 4 is 46.4 Å². The van der Waals surface area contributed by atoms with Gasteiger partial charge in [0.1, 0.15) is 5.75 Å². The summed E-state index contributed by atoms with van der Waals surface area (Å²) in [5, 5.41) is 5.96. The van der Waals surface area contributed by atoms with Gasteiger partial charge in [-0.05, 0) is 48.6 Å². The van der Waals surface area contributed by atoms with Gasteiger partial charge >= 0.3 is 0 Å². The van der Waals surface area contributed by atoms with Gasteiger partial charge in [0.15, 0.2) is 5.11 Å². The van der Waals surface area contributed by atoms with Crippen molar-refractivity contribution in [2.45, 2.75) is 10.7 Å². The first kappa shape index (κ1) is 20.7. The Morgan fingerprint density at radius 3 is 2.56 bits per heavy atom. The molecule has 0 saturated heterocycles. The summed E-state index contributed by atoms with van der Waals surface area (Å²) in [5.41, 5.74) is 6.37. The number of ether oxygens (including phenoxy) is 1. The van der Waals surface area contributed by atoms with Gasteiger partial charge in [-0.3, -0.25) is 15.6 Å². The average Bonchev–Trinajstić information content (AvgIpc) is 2.66. The molecule has 2 aromatic carbocycles. The summed E-state index contributed by atoms with van der Waals surface area (Å²) in [6.07, 6.45) is 0. The lowest BCUT2D eigenvalue weighted by molar-refractivity contribution is -0.119. The first-order chi connectivity index (χ1) is 13.0. The first-order valence-corrected chi connectivity index (χ1v) is 9.03. The summed E-state index contributed by atoms with van der Waals surface area (Å²) in [6.45, 7) is 0.0301. The number of carbonyl (C=O) groups excluding carboxylic acids is 1. The number of thiocarbonyl (C=S) groups is 1. The normalized spacial score (nSPS) is 10.2. The van der Waals surface area contributed by atoms with Gasteiger partial charge in [-0.15, -0.1) is 0 Å². The molecule has 10 heteroatoms. The molecule has 2 rings (SSSR count). The van der Waals surface area contributed by atoms with Crippen LogP contribution in [0.2, 0.25) is 0 Å². The summed E-state index contributed by atoms with van der Waals surface area (Å²) in [4.78, 5) is 12.3. The highest BCUT2D eigenvalue weighted by molar-refractivity contribution is 7.99. The van der Waals surface area contributed by atoms with Gasteiger partial charge in [-0.25, -0.2) is 0 Å². The van der Waals surface area contributed by atoms with Gasteiger partial charge in [0, 0.05) is 22.3 Å². The molecule has 0 heterocycles. The van der Waals surface area contributed by atoms with Crippen LogP contribution >= 0.6 is 24.0 Å². The maximum absolute atomic E-state index is 12.3. The fourth-order valence-electron chi connectivity index (χ4n) is 1.97. The van der Waals surface area contributed by atoms with Crippen LogP contribution in [0.25, 0.3) is 0 Å². The van der Waals surface area contributed by atoms with E-state index < -0.39 is 5.76 Å². The Hall–Kier alpha value is -2.59. The van der Waals surface area contributed by atoms with E-state index in [0.29, 0.717) is 28.1 Å².